The van der Waals surface area contributed by atoms with Gasteiger partial charge in [-0.05, 0) is 32.9 Å². The summed E-state index contributed by atoms with van der Waals surface area (Å²) in [4.78, 5) is 12.3. The highest BCUT2D eigenvalue weighted by atomic mass is 35.5. The van der Waals surface area contributed by atoms with Crippen LogP contribution in [0.15, 0.2) is 12.1 Å². The van der Waals surface area contributed by atoms with E-state index in [9.17, 15) is 4.79 Å². The Morgan fingerprint density at radius 1 is 1.62 bits per heavy atom. The molecule has 0 aromatic carbocycles. The molecule has 0 saturated carbocycles. The molecule has 0 radical (unpaired) electrons. The van der Waals surface area contributed by atoms with Crippen LogP contribution in [0, 0.1) is 5.41 Å². The Morgan fingerprint density at radius 2 is 2.25 bits per heavy atom. The Morgan fingerprint density at radius 3 is 2.69 bits per heavy atom. The molecular weight excluding hydrogens is 244 g/mol. The Hall–Kier alpha value is -0.580. The molecule has 0 aliphatic carbocycles. The summed E-state index contributed by atoms with van der Waals surface area (Å²) in [7, 11) is 0. The van der Waals surface area contributed by atoms with Gasteiger partial charge in [0.05, 0.1) is 9.75 Å². The normalized spacial score (nSPS) is 13.8. The number of nitrogens with two attached hydrogens (primary N) is 1. The number of primary amides is 1. The Kier molecular flexibility index (Phi) is 4.35. The number of hydrogen-bond acceptors (Lipinski definition) is 3. The van der Waals surface area contributed by atoms with Gasteiger partial charge in [-0.15, -0.1) is 11.3 Å². The largest absolute Gasteiger partial charge is 0.369 e. The standard InChI is InChI=1S/C11H17ClN2OS/c1-7(8-4-5-9(12)16-8)14-6-11(2,3)10(13)15/h4-5,7,14H,6H2,1-3H3,(H2,13,15)/t7-/m1/s1. The maximum absolute atomic E-state index is 11.1. The summed E-state index contributed by atoms with van der Waals surface area (Å²) < 4.78 is 0.776. The molecule has 0 unspecified atom stereocenters. The maximum atomic E-state index is 11.1. The predicted molar refractivity (Wildman–Crippen MR) is 68.7 cm³/mol. The zero-order valence-corrected chi connectivity index (χ0v) is 11.3. The highest BCUT2D eigenvalue weighted by Crippen LogP contribution is 2.27. The Balaban J connectivity index is 2.53. The molecule has 3 nitrogen and oxygen atoms in total. The average molecular weight is 261 g/mol. The van der Waals surface area contributed by atoms with E-state index < -0.39 is 5.41 Å². The zero-order valence-electron chi connectivity index (χ0n) is 9.71. The van der Waals surface area contributed by atoms with Crippen molar-refractivity contribution in [2.24, 2.45) is 11.1 Å². The maximum Gasteiger partial charge on any atom is 0.224 e. The van der Waals surface area contributed by atoms with Crippen LogP contribution >= 0.6 is 22.9 Å². The second kappa shape index (κ2) is 5.17. The summed E-state index contributed by atoms with van der Waals surface area (Å²) in [6.07, 6.45) is 0. The molecular formula is C11H17ClN2OS. The predicted octanol–water partition coefficient (Wildman–Crippen LogP) is 2.56. The van der Waals surface area contributed by atoms with Gasteiger partial charge in [-0.1, -0.05) is 11.6 Å². The van der Waals surface area contributed by atoms with Gasteiger partial charge in [0.25, 0.3) is 0 Å². The average Bonchev–Trinajstić information content (AvgIpc) is 2.61. The summed E-state index contributed by atoms with van der Waals surface area (Å²) in [5.41, 5.74) is 4.77. The number of amides is 1. The number of thiophene rings is 1. The van der Waals surface area contributed by atoms with Crippen LogP contribution in [-0.2, 0) is 4.79 Å². The fourth-order valence-electron chi connectivity index (χ4n) is 1.16. The molecule has 0 spiro atoms. The van der Waals surface area contributed by atoms with E-state index in [-0.39, 0.29) is 11.9 Å². The third kappa shape index (κ3) is 3.47. The lowest BCUT2D eigenvalue weighted by atomic mass is 9.92. The third-order valence-electron chi connectivity index (χ3n) is 2.54. The van der Waals surface area contributed by atoms with Gasteiger partial charge in [0.1, 0.15) is 0 Å². The Labute approximate surface area is 105 Å². The number of rotatable bonds is 5. The van der Waals surface area contributed by atoms with E-state index in [0.717, 1.165) is 9.21 Å². The van der Waals surface area contributed by atoms with Gasteiger partial charge in [-0.25, -0.2) is 0 Å². The lowest BCUT2D eigenvalue weighted by molar-refractivity contribution is -0.125. The van der Waals surface area contributed by atoms with Crippen molar-refractivity contribution in [1.82, 2.24) is 5.32 Å². The molecule has 1 amide bonds. The van der Waals surface area contributed by atoms with E-state index in [0.29, 0.717) is 6.54 Å². The number of hydrogen-bond donors (Lipinski definition) is 2. The fourth-order valence-corrected chi connectivity index (χ4v) is 2.24. The van der Waals surface area contributed by atoms with Crippen molar-refractivity contribution in [3.8, 4) is 0 Å². The summed E-state index contributed by atoms with van der Waals surface area (Å²) in [6, 6.07) is 4.04. The Bertz CT molecular complexity index is 376. The van der Waals surface area contributed by atoms with E-state index in [1.54, 1.807) is 11.3 Å². The molecule has 90 valence electrons. The quantitative estimate of drug-likeness (QED) is 0.855. The first-order valence-corrected chi connectivity index (χ1v) is 6.31. The van der Waals surface area contributed by atoms with Gasteiger partial charge in [-0.3, -0.25) is 4.79 Å². The van der Waals surface area contributed by atoms with Crippen LogP contribution in [0.2, 0.25) is 4.34 Å². The van der Waals surface area contributed by atoms with E-state index >= 15 is 0 Å². The van der Waals surface area contributed by atoms with Crippen LogP contribution in [0.4, 0.5) is 0 Å². The van der Waals surface area contributed by atoms with Gasteiger partial charge in [-0.2, -0.15) is 0 Å². The van der Waals surface area contributed by atoms with Crippen LogP contribution in [0.1, 0.15) is 31.7 Å². The van der Waals surface area contributed by atoms with Gasteiger partial charge in [0.15, 0.2) is 0 Å². The van der Waals surface area contributed by atoms with Crippen molar-refractivity contribution in [3.63, 3.8) is 0 Å². The van der Waals surface area contributed by atoms with Crippen molar-refractivity contribution >= 4 is 28.8 Å². The lowest BCUT2D eigenvalue weighted by Crippen LogP contribution is -2.41. The number of nitrogens with one attached hydrogen (secondary N) is 1. The van der Waals surface area contributed by atoms with Crippen LogP contribution in [0.5, 0.6) is 0 Å². The SMILES string of the molecule is C[C@@H](NCC(C)(C)C(N)=O)c1ccc(Cl)s1. The molecule has 0 saturated heterocycles. The number of halogens is 1. The third-order valence-corrected chi connectivity index (χ3v) is 3.95. The van der Waals surface area contributed by atoms with Gasteiger partial charge in [0.2, 0.25) is 5.91 Å². The van der Waals surface area contributed by atoms with E-state index in [2.05, 4.69) is 5.32 Å². The van der Waals surface area contributed by atoms with E-state index in [4.69, 9.17) is 17.3 Å². The molecule has 1 rings (SSSR count). The highest BCUT2D eigenvalue weighted by Gasteiger charge is 2.25. The highest BCUT2D eigenvalue weighted by molar-refractivity contribution is 7.16. The van der Waals surface area contributed by atoms with Crippen molar-refractivity contribution < 1.29 is 4.79 Å². The monoisotopic (exact) mass is 260 g/mol. The summed E-state index contributed by atoms with van der Waals surface area (Å²) in [5, 5.41) is 3.28. The van der Waals surface area contributed by atoms with E-state index in [1.165, 1.54) is 0 Å². The molecule has 5 heteroatoms. The fraction of sp³-hybridized carbons (Fsp3) is 0.545. The molecule has 1 heterocycles. The minimum absolute atomic E-state index is 0.177. The summed E-state index contributed by atoms with van der Waals surface area (Å²) in [5.74, 6) is -0.295. The van der Waals surface area contributed by atoms with Crippen molar-refractivity contribution in [3.05, 3.63) is 21.3 Å². The smallest absolute Gasteiger partial charge is 0.224 e. The molecule has 1 atom stereocenters. The number of carbonyl (C=O) groups is 1. The van der Waals surface area contributed by atoms with Gasteiger partial charge in [0, 0.05) is 17.5 Å². The van der Waals surface area contributed by atoms with Crippen LogP contribution in [-0.4, -0.2) is 12.5 Å². The van der Waals surface area contributed by atoms with Crippen LogP contribution in [0.3, 0.4) is 0 Å². The summed E-state index contributed by atoms with van der Waals surface area (Å²) in [6.45, 7) is 6.26. The second-order valence-corrected chi connectivity index (χ2v) is 6.24. The first-order chi connectivity index (χ1) is 7.33. The molecule has 0 bridgehead atoms. The topological polar surface area (TPSA) is 55.1 Å². The van der Waals surface area contributed by atoms with Gasteiger partial charge >= 0.3 is 0 Å². The molecule has 3 N–H and O–H groups in total. The lowest BCUT2D eigenvalue weighted by Gasteiger charge is -2.23. The van der Waals surface area contributed by atoms with Crippen LogP contribution < -0.4 is 11.1 Å². The molecule has 16 heavy (non-hydrogen) atoms. The molecule has 1 aromatic rings. The first-order valence-electron chi connectivity index (χ1n) is 5.11. The minimum Gasteiger partial charge on any atom is -0.369 e. The number of carbonyl (C=O) groups excluding carboxylic acids is 1. The minimum atomic E-state index is -0.532. The summed E-state index contributed by atoms with van der Waals surface area (Å²) >= 11 is 7.40. The molecule has 0 fully saturated rings. The van der Waals surface area contributed by atoms with Crippen LogP contribution in [0.25, 0.3) is 0 Å². The first kappa shape index (κ1) is 13.5. The zero-order chi connectivity index (χ0) is 12.3. The second-order valence-electron chi connectivity index (χ2n) is 4.49. The van der Waals surface area contributed by atoms with Crippen molar-refractivity contribution in [1.29, 1.82) is 0 Å². The van der Waals surface area contributed by atoms with E-state index in [1.807, 2.05) is 32.9 Å². The molecule has 0 aliphatic rings. The van der Waals surface area contributed by atoms with Gasteiger partial charge < -0.3 is 11.1 Å². The molecule has 1 aromatic heterocycles. The van der Waals surface area contributed by atoms with Crippen molar-refractivity contribution in [2.45, 2.75) is 26.8 Å². The van der Waals surface area contributed by atoms with Crippen molar-refractivity contribution in [2.75, 3.05) is 6.54 Å². The molecule has 0 aliphatic heterocycles.